The third-order valence-corrected chi connectivity index (χ3v) is 6.12. The third kappa shape index (κ3) is 5.85. The van der Waals surface area contributed by atoms with E-state index in [-0.39, 0.29) is 24.2 Å². The fraction of sp³-hybridized carbons (Fsp3) is 0.440. The summed E-state index contributed by atoms with van der Waals surface area (Å²) >= 11 is 0. The van der Waals surface area contributed by atoms with E-state index in [2.05, 4.69) is 11.0 Å². The summed E-state index contributed by atoms with van der Waals surface area (Å²) in [6.07, 6.45) is 3.38. The largest absolute Gasteiger partial charge is 0.484 e. The van der Waals surface area contributed by atoms with Crippen LogP contribution in [-0.2, 0) is 11.3 Å². The molecule has 2 heterocycles. The minimum atomic E-state index is -0.332. The van der Waals surface area contributed by atoms with Crippen molar-refractivity contribution < 1.29 is 18.7 Å². The van der Waals surface area contributed by atoms with E-state index in [1.807, 2.05) is 23.1 Å². The van der Waals surface area contributed by atoms with Crippen LogP contribution in [0.4, 0.5) is 4.39 Å². The summed E-state index contributed by atoms with van der Waals surface area (Å²) in [5.74, 6) is 0.213. The molecule has 0 atom stereocenters. The van der Waals surface area contributed by atoms with Crippen molar-refractivity contribution >= 4 is 11.8 Å². The highest BCUT2D eigenvalue weighted by atomic mass is 19.1. The Bertz CT molecular complexity index is 920. The molecule has 7 heteroatoms. The molecule has 0 N–H and O–H groups in total. The zero-order valence-electron chi connectivity index (χ0n) is 18.3. The number of halogens is 1. The van der Waals surface area contributed by atoms with Crippen LogP contribution in [-0.4, -0.2) is 72.4 Å². The van der Waals surface area contributed by atoms with Crippen LogP contribution in [0.15, 0.2) is 48.5 Å². The number of piperidine rings is 1. The van der Waals surface area contributed by atoms with Gasteiger partial charge in [0.1, 0.15) is 11.6 Å². The molecular formula is C25H30FN3O3. The predicted octanol–water partition coefficient (Wildman–Crippen LogP) is 3.18. The number of hydrogen-bond donors (Lipinski definition) is 0. The van der Waals surface area contributed by atoms with Crippen LogP contribution in [0.2, 0.25) is 0 Å². The van der Waals surface area contributed by atoms with E-state index in [4.69, 9.17) is 4.74 Å². The van der Waals surface area contributed by atoms with Crippen LogP contribution in [0.5, 0.6) is 5.75 Å². The van der Waals surface area contributed by atoms with Crippen LogP contribution in [0.25, 0.3) is 0 Å². The normalized spacial score (nSPS) is 17.3. The summed E-state index contributed by atoms with van der Waals surface area (Å²) in [6.45, 7) is 5.23. The van der Waals surface area contributed by atoms with Crippen molar-refractivity contribution in [3.63, 3.8) is 0 Å². The Hall–Kier alpha value is -2.93. The Balaban J connectivity index is 1.24. The number of carbonyl (C=O) groups excluding carboxylic acids is 2. The minimum absolute atomic E-state index is 0.0493. The third-order valence-electron chi connectivity index (χ3n) is 6.12. The second-order valence-corrected chi connectivity index (χ2v) is 8.45. The first-order valence-corrected chi connectivity index (χ1v) is 11.4. The van der Waals surface area contributed by atoms with E-state index in [9.17, 15) is 14.0 Å². The van der Waals surface area contributed by atoms with Crippen molar-refractivity contribution in [2.45, 2.75) is 25.8 Å². The van der Waals surface area contributed by atoms with Crippen LogP contribution in [0.1, 0.15) is 35.2 Å². The van der Waals surface area contributed by atoms with Gasteiger partial charge in [0.25, 0.3) is 11.8 Å². The molecule has 6 nitrogen and oxygen atoms in total. The molecule has 4 rings (SSSR count). The number of carbonyl (C=O) groups is 2. The zero-order chi connectivity index (χ0) is 22.3. The van der Waals surface area contributed by atoms with Crippen molar-refractivity contribution in [3.8, 4) is 5.75 Å². The van der Waals surface area contributed by atoms with Gasteiger partial charge in [-0.3, -0.25) is 14.5 Å². The fourth-order valence-electron chi connectivity index (χ4n) is 4.26. The van der Waals surface area contributed by atoms with E-state index in [0.29, 0.717) is 18.8 Å². The Morgan fingerprint density at radius 1 is 0.844 bits per heavy atom. The summed E-state index contributed by atoms with van der Waals surface area (Å²) < 4.78 is 18.4. The topological polar surface area (TPSA) is 53.1 Å². The lowest BCUT2D eigenvalue weighted by atomic mass is 10.1. The molecule has 0 bridgehead atoms. The molecule has 2 aliphatic heterocycles. The summed E-state index contributed by atoms with van der Waals surface area (Å²) in [5, 5.41) is 0. The molecular weight excluding hydrogens is 409 g/mol. The van der Waals surface area contributed by atoms with Gasteiger partial charge in [-0.1, -0.05) is 12.1 Å². The quantitative estimate of drug-likeness (QED) is 0.694. The van der Waals surface area contributed by atoms with Crippen molar-refractivity contribution in [2.75, 3.05) is 45.9 Å². The lowest BCUT2D eigenvalue weighted by Gasteiger charge is -2.34. The Labute approximate surface area is 188 Å². The van der Waals surface area contributed by atoms with Gasteiger partial charge in [0.15, 0.2) is 6.61 Å². The SMILES string of the molecule is O=C(COc1ccc(F)cc1)N1CCN(Cc2cccc(C(=O)N3CCCCC3)c2)CC1. The second kappa shape index (κ2) is 10.6. The minimum Gasteiger partial charge on any atom is -0.484 e. The molecule has 2 saturated heterocycles. The molecule has 0 spiro atoms. The van der Waals surface area contributed by atoms with Gasteiger partial charge in [-0.2, -0.15) is 0 Å². The van der Waals surface area contributed by atoms with Crippen LogP contribution in [0, 0.1) is 5.82 Å². The molecule has 0 aromatic heterocycles. The highest BCUT2D eigenvalue weighted by Crippen LogP contribution is 2.16. The number of piperazine rings is 1. The molecule has 170 valence electrons. The highest BCUT2D eigenvalue weighted by Gasteiger charge is 2.22. The Morgan fingerprint density at radius 2 is 1.56 bits per heavy atom. The standard InChI is InChI=1S/C25H30FN3O3/c26-22-7-9-23(10-8-22)32-19-24(30)28-15-13-27(14-16-28)18-20-5-4-6-21(17-20)25(31)29-11-2-1-3-12-29/h4-10,17H,1-3,11-16,18-19H2. The maximum Gasteiger partial charge on any atom is 0.260 e. The number of likely N-dealkylation sites (tertiary alicyclic amines) is 1. The molecule has 2 aliphatic rings. The molecule has 32 heavy (non-hydrogen) atoms. The summed E-state index contributed by atoms with van der Waals surface area (Å²) in [6, 6.07) is 13.6. The van der Waals surface area contributed by atoms with Gasteiger partial charge < -0.3 is 14.5 Å². The smallest absolute Gasteiger partial charge is 0.260 e. The maximum atomic E-state index is 13.0. The van der Waals surface area contributed by atoms with Crippen LogP contribution in [0.3, 0.4) is 0 Å². The lowest BCUT2D eigenvalue weighted by molar-refractivity contribution is -0.135. The average molecular weight is 440 g/mol. The molecule has 2 aromatic rings. The number of benzene rings is 2. The van der Waals surface area contributed by atoms with Crippen molar-refractivity contribution in [2.24, 2.45) is 0 Å². The molecule has 0 aliphatic carbocycles. The lowest BCUT2D eigenvalue weighted by Crippen LogP contribution is -2.49. The highest BCUT2D eigenvalue weighted by molar-refractivity contribution is 5.94. The second-order valence-electron chi connectivity index (χ2n) is 8.45. The number of hydrogen-bond acceptors (Lipinski definition) is 4. The summed E-state index contributed by atoms with van der Waals surface area (Å²) in [5.41, 5.74) is 1.88. The number of rotatable bonds is 6. The Kier molecular flexibility index (Phi) is 7.37. The molecule has 0 unspecified atom stereocenters. The maximum absolute atomic E-state index is 13.0. The molecule has 0 saturated carbocycles. The molecule has 2 aromatic carbocycles. The van der Waals surface area contributed by atoms with Gasteiger partial charge in [-0.15, -0.1) is 0 Å². The van der Waals surface area contributed by atoms with Gasteiger partial charge in [0, 0.05) is 51.4 Å². The first kappa shape index (κ1) is 22.3. The van der Waals surface area contributed by atoms with Crippen molar-refractivity contribution in [3.05, 3.63) is 65.5 Å². The van der Waals surface area contributed by atoms with Gasteiger partial charge in [0.05, 0.1) is 0 Å². The molecule has 0 radical (unpaired) electrons. The van der Waals surface area contributed by atoms with Crippen LogP contribution < -0.4 is 4.74 Å². The van der Waals surface area contributed by atoms with Gasteiger partial charge in [-0.25, -0.2) is 4.39 Å². The zero-order valence-corrected chi connectivity index (χ0v) is 18.3. The summed E-state index contributed by atoms with van der Waals surface area (Å²) in [7, 11) is 0. The van der Waals surface area contributed by atoms with Crippen molar-refractivity contribution in [1.82, 2.24) is 14.7 Å². The van der Waals surface area contributed by atoms with E-state index in [0.717, 1.165) is 56.7 Å². The van der Waals surface area contributed by atoms with E-state index in [1.54, 1.807) is 4.90 Å². The number of nitrogens with zero attached hydrogens (tertiary/aromatic N) is 3. The van der Waals surface area contributed by atoms with E-state index < -0.39 is 0 Å². The average Bonchev–Trinajstić information content (AvgIpc) is 2.84. The van der Waals surface area contributed by atoms with Crippen LogP contribution >= 0.6 is 0 Å². The monoisotopic (exact) mass is 439 g/mol. The van der Waals surface area contributed by atoms with E-state index in [1.165, 1.54) is 30.7 Å². The fourth-order valence-corrected chi connectivity index (χ4v) is 4.26. The summed E-state index contributed by atoms with van der Waals surface area (Å²) in [4.78, 5) is 31.3. The van der Waals surface area contributed by atoms with Gasteiger partial charge in [0.2, 0.25) is 0 Å². The van der Waals surface area contributed by atoms with Gasteiger partial charge >= 0.3 is 0 Å². The predicted molar refractivity (Wildman–Crippen MR) is 120 cm³/mol. The van der Waals surface area contributed by atoms with Gasteiger partial charge in [-0.05, 0) is 61.2 Å². The molecule has 2 amide bonds. The van der Waals surface area contributed by atoms with E-state index >= 15 is 0 Å². The number of ether oxygens (including phenoxy) is 1. The number of amides is 2. The Morgan fingerprint density at radius 3 is 2.28 bits per heavy atom. The first-order chi connectivity index (χ1) is 15.6. The molecule has 2 fully saturated rings. The van der Waals surface area contributed by atoms with Crippen molar-refractivity contribution in [1.29, 1.82) is 0 Å². The first-order valence-electron chi connectivity index (χ1n) is 11.4.